The Hall–Kier alpha value is -3.45. The molecule has 0 saturated carbocycles. The quantitative estimate of drug-likeness (QED) is 0.579. The summed E-state index contributed by atoms with van der Waals surface area (Å²) in [5.41, 5.74) is 3.01. The molecule has 1 fully saturated rings. The van der Waals surface area contributed by atoms with Gasteiger partial charge >= 0.3 is 0 Å². The van der Waals surface area contributed by atoms with Crippen molar-refractivity contribution in [3.8, 4) is 5.75 Å². The average molecular weight is 432 g/mol. The van der Waals surface area contributed by atoms with Crippen molar-refractivity contribution in [1.82, 2.24) is 14.9 Å². The number of aryl methyl sites for hydroxylation is 1. The molecule has 3 heterocycles. The molecule has 1 aromatic carbocycles. The molecular formula is C25H29N5O2. The van der Waals surface area contributed by atoms with Crippen LogP contribution in [0.15, 0.2) is 60.9 Å². The van der Waals surface area contributed by atoms with E-state index in [1.165, 1.54) is 5.56 Å². The molecule has 166 valence electrons. The fourth-order valence-electron chi connectivity index (χ4n) is 4.11. The Labute approximate surface area is 188 Å². The lowest BCUT2D eigenvalue weighted by Crippen LogP contribution is -2.38. The number of ether oxygens (including phenoxy) is 1. The van der Waals surface area contributed by atoms with Crippen LogP contribution in [0.25, 0.3) is 0 Å². The van der Waals surface area contributed by atoms with Crippen LogP contribution in [0.4, 0.5) is 17.3 Å². The summed E-state index contributed by atoms with van der Waals surface area (Å²) in [6, 6.07) is 15.7. The van der Waals surface area contributed by atoms with Crippen molar-refractivity contribution in [2.75, 3.05) is 37.4 Å². The van der Waals surface area contributed by atoms with Crippen molar-refractivity contribution in [2.45, 2.75) is 25.7 Å². The number of carbonyl (C=O) groups is 1. The molecule has 32 heavy (non-hydrogen) atoms. The zero-order valence-electron chi connectivity index (χ0n) is 18.5. The Morgan fingerprint density at radius 2 is 1.88 bits per heavy atom. The van der Waals surface area contributed by atoms with Gasteiger partial charge in [-0.1, -0.05) is 18.2 Å². The minimum atomic E-state index is -0.0122. The third kappa shape index (κ3) is 5.42. The fourth-order valence-corrected chi connectivity index (χ4v) is 4.11. The molecule has 2 aromatic heterocycles. The van der Waals surface area contributed by atoms with Gasteiger partial charge in [-0.15, -0.1) is 0 Å². The molecule has 0 bridgehead atoms. The molecule has 4 rings (SSSR count). The van der Waals surface area contributed by atoms with E-state index in [0.29, 0.717) is 18.2 Å². The molecule has 0 atom stereocenters. The first kappa shape index (κ1) is 21.8. The number of amides is 1. The van der Waals surface area contributed by atoms with E-state index in [9.17, 15) is 4.79 Å². The molecule has 1 amide bonds. The highest BCUT2D eigenvalue weighted by Crippen LogP contribution is 2.30. The van der Waals surface area contributed by atoms with Crippen molar-refractivity contribution in [3.05, 3.63) is 72.1 Å². The monoisotopic (exact) mass is 431 g/mol. The SMILES string of the molecule is COc1cccc(C)c1NC(=O)CN1CCC(c2ccnc(Nc3ccccn3)c2)CC1. The summed E-state index contributed by atoms with van der Waals surface area (Å²) in [4.78, 5) is 23.6. The molecule has 0 unspecified atom stereocenters. The first-order valence-electron chi connectivity index (χ1n) is 10.9. The van der Waals surface area contributed by atoms with Crippen molar-refractivity contribution in [1.29, 1.82) is 0 Å². The normalized spacial score (nSPS) is 14.7. The first-order valence-corrected chi connectivity index (χ1v) is 10.9. The third-order valence-electron chi connectivity index (χ3n) is 5.85. The second kappa shape index (κ2) is 10.2. The zero-order chi connectivity index (χ0) is 22.3. The van der Waals surface area contributed by atoms with E-state index in [4.69, 9.17) is 4.74 Å². The molecule has 3 aromatic rings. The highest BCUT2D eigenvalue weighted by atomic mass is 16.5. The van der Waals surface area contributed by atoms with Gasteiger partial charge in [0.15, 0.2) is 0 Å². The average Bonchev–Trinajstić information content (AvgIpc) is 2.82. The van der Waals surface area contributed by atoms with Gasteiger partial charge in [0.05, 0.1) is 19.3 Å². The Morgan fingerprint density at radius 3 is 2.62 bits per heavy atom. The minimum absolute atomic E-state index is 0.0122. The highest BCUT2D eigenvalue weighted by molar-refractivity contribution is 5.94. The van der Waals surface area contributed by atoms with Crippen LogP contribution in [-0.2, 0) is 4.79 Å². The molecule has 1 saturated heterocycles. The maximum absolute atomic E-state index is 12.6. The smallest absolute Gasteiger partial charge is 0.238 e. The summed E-state index contributed by atoms with van der Waals surface area (Å²) >= 11 is 0. The van der Waals surface area contributed by atoms with E-state index in [-0.39, 0.29) is 5.91 Å². The van der Waals surface area contributed by atoms with Crippen LogP contribution in [0, 0.1) is 6.92 Å². The van der Waals surface area contributed by atoms with Gasteiger partial charge in [0.1, 0.15) is 17.4 Å². The van der Waals surface area contributed by atoms with Crippen molar-refractivity contribution >= 4 is 23.2 Å². The lowest BCUT2D eigenvalue weighted by molar-refractivity contribution is -0.117. The first-order chi connectivity index (χ1) is 15.6. The molecule has 1 aliphatic heterocycles. The van der Waals surface area contributed by atoms with Gasteiger partial charge in [-0.25, -0.2) is 9.97 Å². The van der Waals surface area contributed by atoms with Crippen LogP contribution in [-0.4, -0.2) is 47.5 Å². The number of nitrogens with zero attached hydrogens (tertiary/aromatic N) is 3. The summed E-state index contributed by atoms with van der Waals surface area (Å²) in [6.07, 6.45) is 5.62. The minimum Gasteiger partial charge on any atom is -0.495 e. The van der Waals surface area contributed by atoms with Gasteiger partial charge in [0, 0.05) is 12.4 Å². The maximum Gasteiger partial charge on any atom is 0.238 e. The molecule has 0 radical (unpaired) electrons. The number of benzene rings is 1. The zero-order valence-corrected chi connectivity index (χ0v) is 18.5. The van der Waals surface area contributed by atoms with E-state index in [0.717, 1.165) is 48.8 Å². The van der Waals surface area contributed by atoms with Gasteiger partial charge in [0.2, 0.25) is 5.91 Å². The number of likely N-dealkylation sites (tertiary alicyclic amines) is 1. The molecule has 2 N–H and O–H groups in total. The Kier molecular flexibility index (Phi) is 6.97. The Bertz CT molecular complexity index is 1050. The predicted octanol–water partition coefficient (Wildman–Crippen LogP) is 4.36. The number of carbonyl (C=O) groups excluding carboxylic acids is 1. The number of hydrogen-bond acceptors (Lipinski definition) is 6. The highest BCUT2D eigenvalue weighted by Gasteiger charge is 2.23. The van der Waals surface area contributed by atoms with Gasteiger partial charge in [-0.05, 0) is 80.2 Å². The van der Waals surface area contributed by atoms with Crippen LogP contribution in [0.2, 0.25) is 0 Å². The number of piperidine rings is 1. The molecule has 0 aliphatic carbocycles. The van der Waals surface area contributed by atoms with Crippen LogP contribution < -0.4 is 15.4 Å². The molecule has 7 heteroatoms. The van der Waals surface area contributed by atoms with E-state index in [1.807, 2.05) is 49.5 Å². The number of aromatic nitrogens is 2. The van der Waals surface area contributed by atoms with E-state index in [2.05, 4.69) is 37.6 Å². The predicted molar refractivity (Wildman–Crippen MR) is 127 cm³/mol. The van der Waals surface area contributed by atoms with Crippen LogP contribution in [0.1, 0.15) is 29.9 Å². The Morgan fingerprint density at radius 1 is 1.06 bits per heavy atom. The number of pyridine rings is 2. The summed E-state index contributed by atoms with van der Waals surface area (Å²) in [7, 11) is 1.62. The molecule has 1 aliphatic rings. The number of hydrogen-bond donors (Lipinski definition) is 2. The summed E-state index contributed by atoms with van der Waals surface area (Å²) in [6.45, 7) is 4.12. The molecule has 0 spiro atoms. The maximum atomic E-state index is 12.6. The number of nitrogens with one attached hydrogen (secondary N) is 2. The van der Waals surface area contributed by atoms with E-state index >= 15 is 0 Å². The molecular weight excluding hydrogens is 402 g/mol. The fraction of sp³-hybridized carbons (Fsp3) is 0.320. The standard InChI is InChI=1S/C25H29N5O2/c1-18-6-5-7-21(32-2)25(18)29-24(31)17-30-14-10-19(11-15-30)20-9-13-27-23(16-20)28-22-8-3-4-12-26-22/h3-9,12-13,16,19H,10-11,14-15,17H2,1-2H3,(H,29,31)(H,26,27,28). The van der Waals surface area contributed by atoms with Crippen LogP contribution >= 0.6 is 0 Å². The number of methoxy groups -OCH3 is 1. The van der Waals surface area contributed by atoms with Crippen LogP contribution in [0.3, 0.4) is 0 Å². The van der Waals surface area contributed by atoms with Crippen molar-refractivity contribution < 1.29 is 9.53 Å². The van der Waals surface area contributed by atoms with E-state index in [1.54, 1.807) is 13.3 Å². The van der Waals surface area contributed by atoms with Crippen molar-refractivity contribution in [3.63, 3.8) is 0 Å². The number of anilines is 3. The Balaban J connectivity index is 1.31. The summed E-state index contributed by atoms with van der Waals surface area (Å²) in [5.74, 6) is 2.71. The van der Waals surface area contributed by atoms with Crippen LogP contribution in [0.5, 0.6) is 5.75 Å². The van der Waals surface area contributed by atoms with Gasteiger partial charge in [0.25, 0.3) is 0 Å². The lowest BCUT2D eigenvalue weighted by atomic mass is 9.90. The van der Waals surface area contributed by atoms with Gasteiger partial charge in [-0.3, -0.25) is 9.69 Å². The van der Waals surface area contributed by atoms with Gasteiger partial charge in [-0.2, -0.15) is 0 Å². The second-order valence-corrected chi connectivity index (χ2v) is 8.07. The lowest BCUT2D eigenvalue weighted by Gasteiger charge is -2.31. The van der Waals surface area contributed by atoms with Gasteiger partial charge < -0.3 is 15.4 Å². The third-order valence-corrected chi connectivity index (χ3v) is 5.85. The van der Waals surface area contributed by atoms with Crippen molar-refractivity contribution in [2.24, 2.45) is 0 Å². The van der Waals surface area contributed by atoms with E-state index < -0.39 is 0 Å². The largest absolute Gasteiger partial charge is 0.495 e. The number of rotatable bonds is 7. The summed E-state index contributed by atoms with van der Waals surface area (Å²) in [5, 5.41) is 6.28. The number of para-hydroxylation sites is 1. The second-order valence-electron chi connectivity index (χ2n) is 8.07. The summed E-state index contributed by atoms with van der Waals surface area (Å²) < 4.78 is 5.38. The molecule has 7 nitrogen and oxygen atoms in total. The topological polar surface area (TPSA) is 79.4 Å².